The van der Waals surface area contributed by atoms with E-state index in [1.54, 1.807) is 0 Å². The first-order chi connectivity index (χ1) is 6.79. The third kappa shape index (κ3) is 3.82. The Balaban J connectivity index is 2.82. The summed E-state index contributed by atoms with van der Waals surface area (Å²) in [5, 5.41) is 0. The highest BCUT2D eigenvalue weighted by Gasteiger charge is 2.21. The number of aryl methyl sites for hydroxylation is 3. The van der Waals surface area contributed by atoms with Crippen molar-refractivity contribution in [1.82, 2.24) is 0 Å². The Morgan fingerprint density at radius 2 is 1.60 bits per heavy atom. The summed E-state index contributed by atoms with van der Waals surface area (Å²) in [4.78, 5) is 0.958. The molecule has 1 aromatic rings. The highest BCUT2D eigenvalue weighted by atomic mass is 32.2. The van der Waals surface area contributed by atoms with Gasteiger partial charge in [-0.25, -0.2) is 8.78 Å². The lowest BCUT2D eigenvalue weighted by Gasteiger charge is -2.12. The molecule has 0 bridgehead atoms. The Kier molecular flexibility index (Phi) is 3.77. The van der Waals surface area contributed by atoms with Crippen LogP contribution >= 0.6 is 11.8 Å². The SMILES string of the molecule is Cc1cc(C)c(SCC(C)(F)F)cc1C. The quantitative estimate of drug-likeness (QED) is 0.695. The molecule has 0 saturated heterocycles. The Hall–Kier alpha value is -0.570. The van der Waals surface area contributed by atoms with Gasteiger partial charge in [0.25, 0.3) is 5.92 Å². The molecule has 0 aromatic heterocycles. The molecule has 0 N–H and O–H groups in total. The average molecular weight is 230 g/mol. The monoisotopic (exact) mass is 230 g/mol. The minimum absolute atomic E-state index is 0.156. The van der Waals surface area contributed by atoms with Gasteiger partial charge < -0.3 is 0 Å². The molecular formula is C12H16F2S. The van der Waals surface area contributed by atoms with Crippen LogP contribution < -0.4 is 0 Å². The van der Waals surface area contributed by atoms with Gasteiger partial charge in [0.15, 0.2) is 0 Å². The summed E-state index contributed by atoms with van der Waals surface area (Å²) in [5.41, 5.74) is 3.44. The number of thioether (sulfide) groups is 1. The second-order valence-corrected chi connectivity index (χ2v) is 5.08. The van der Waals surface area contributed by atoms with E-state index in [9.17, 15) is 8.78 Å². The number of hydrogen-bond donors (Lipinski definition) is 0. The summed E-state index contributed by atoms with van der Waals surface area (Å²) in [6.07, 6.45) is 0. The highest BCUT2D eigenvalue weighted by Crippen LogP contribution is 2.29. The second-order valence-electron chi connectivity index (χ2n) is 4.06. The third-order valence-corrected chi connectivity index (χ3v) is 3.67. The lowest BCUT2D eigenvalue weighted by atomic mass is 10.1. The summed E-state index contributed by atoms with van der Waals surface area (Å²) in [6.45, 7) is 6.95. The summed E-state index contributed by atoms with van der Waals surface area (Å²) >= 11 is 1.23. The molecule has 84 valence electrons. The lowest BCUT2D eigenvalue weighted by molar-refractivity contribution is 0.0492. The topological polar surface area (TPSA) is 0 Å². The zero-order chi connectivity index (χ0) is 11.6. The van der Waals surface area contributed by atoms with E-state index in [-0.39, 0.29) is 5.75 Å². The largest absolute Gasteiger partial charge is 0.254 e. The smallest absolute Gasteiger partial charge is 0.206 e. The average Bonchev–Trinajstić information content (AvgIpc) is 2.07. The van der Waals surface area contributed by atoms with Crippen LogP contribution in [0.5, 0.6) is 0 Å². The molecule has 0 radical (unpaired) electrons. The molecule has 0 aliphatic carbocycles. The van der Waals surface area contributed by atoms with E-state index in [0.29, 0.717) is 0 Å². The molecule has 0 saturated carbocycles. The number of rotatable bonds is 3. The summed E-state index contributed by atoms with van der Waals surface area (Å²) in [6, 6.07) is 4.03. The van der Waals surface area contributed by atoms with Crippen molar-refractivity contribution < 1.29 is 8.78 Å². The van der Waals surface area contributed by atoms with Crippen molar-refractivity contribution in [2.75, 3.05) is 5.75 Å². The maximum absolute atomic E-state index is 12.7. The molecule has 1 rings (SSSR count). The molecule has 0 atom stereocenters. The van der Waals surface area contributed by atoms with Gasteiger partial charge in [0.05, 0.1) is 5.75 Å². The van der Waals surface area contributed by atoms with E-state index in [0.717, 1.165) is 22.9 Å². The molecule has 15 heavy (non-hydrogen) atoms. The number of hydrogen-bond acceptors (Lipinski definition) is 1. The van der Waals surface area contributed by atoms with Crippen molar-refractivity contribution in [2.45, 2.75) is 38.5 Å². The van der Waals surface area contributed by atoms with Crippen LogP contribution in [0.1, 0.15) is 23.6 Å². The molecular weight excluding hydrogens is 214 g/mol. The Morgan fingerprint density at radius 3 is 2.13 bits per heavy atom. The summed E-state index contributed by atoms with van der Waals surface area (Å²) < 4.78 is 25.4. The van der Waals surface area contributed by atoms with E-state index >= 15 is 0 Å². The van der Waals surface area contributed by atoms with Crippen LogP contribution in [0.3, 0.4) is 0 Å². The van der Waals surface area contributed by atoms with Crippen LogP contribution in [0, 0.1) is 20.8 Å². The van der Waals surface area contributed by atoms with Crippen LogP contribution in [0.25, 0.3) is 0 Å². The van der Waals surface area contributed by atoms with Gasteiger partial charge in [-0.05, 0) is 43.5 Å². The van der Waals surface area contributed by atoms with Crippen LogP contribution in [-0.2, 0) is 0 Å². The normalized spacial score (nSPS) is 11.9. The first kappa shape index (κ1) is 12.5. The van der Waals surface area contributed by atoms with E-state index in [1.165, 1.54) is 17.3 Å². The van der Waals surface area contributed by atoms with Gasteiger partial charge in [0.2, 0.25) is 0 Å². The van der Waals surface area contributed by atoms with Crippen molar-refractivity contribution in [1.29, 1.82) is 0 Å². The van der Waals surface area contributed by atoms with Gasteiger partial charge in [-0.3, -0.25) is 0 Å². The number of benzene rings is 1. The first-order valence-electron chi connectivity index (χ1n) is 4.88. The lowest BCUT2D eigenvalue weighted by Crippen LogP contribution is -2.12. The zero-order valence-corrected chi connectivity index (χ0v) is 10.3. The highest BCUT2D eigenvalue weighted by molar-refractivity contribution is 7.99. The predicted octanol–water partition coefficient (Wildman–Crippen LogP) is 4.36. The minimum Gasteiger partial charge on any atom is -0.206 e. The molecule has 0 amide bonds. The first-order valence-corrected chi connectivity index (χ1v) is 5.86. The standard InChI is InChI=1S/C12H16F2S/c1-8-5-10(3)11(6-9(8)2)15-7-12(4,13)14/h5-6H,7H2,1-4H3. The van der Waals surface area contributed by atoms with Gasteiger partial charge in [0.1, 0.15) is 0 Å². The maximum atomic E-state index is 12.7. The van der Waals surface area contributed by atoms with E-state index in [2.05, 4.69) is 0 Å². The van der Waals surface area contributed by atoms with Crippen LogP contribution in [-0.4, -0.2) is 11.7 Å². The van der Waals surface area contributed by atoms with Gasteiger partial charge in [-0.15, -0.1) is 11.8 Å². The second kappa shape index (κ2) is 4.52. The fourth-order valence-corrected chi connectivity index (χ4v) is 2.25. The van der Waals surface area contributed by atoms with E-state index < -0.39 is 5.92 Å². The van der Waals surface area contributed by atoms with Crippen LogP contribution in [0.2, 0.25) is 0 Å². The zero-order valence-electron chi connectivity index (χ0n) is 9.53. The van der Waals surface area contributed by atoms with Crippen molar-refractivity contribution >= 4 is 11.8 Å². The summed E-state index contributed by atoms with van der Waals surface area (Å²) in [7, 11) is 0. The molecule has 0 aliphatic rings. The molecule has 3 heteroatoms. The molecule has 0 unspecified atom stereocenters. The van der Waals surface area contributed by atoms with E-state index in [1.807, 2.05) is 32.9 Å². The van der Waals surface area contributed by atoms with Gasteiger partial charge in [0, 0.05) is 11.8 Å². The Bertz CT molecular complexity index is 353. The fraction of sp³-hybridized carbons (Fsp3) is 0.500. The fourth-order valence-electron chi connectivity index (χ4n) is 1.29. The van der Waals surface area contributed by atoms with Crippen molar-refractivity contribution in [3.05, 3.63) is 28.8 Å². The number of alkyl halides is 2. The van der Waals surface area contributed by atoms with Crippen molar-refractivity contribution in [2.24, 2.45) is 0 Å². The predicted molar refractivity (Wildman–Crippen MR) is 62.0 cm³/mol. The van der Waals surface area contributed by atoms with Gasteiger partial charge >= 0.3 is 0 Å². The molecule has 0 spiro atoms. The molecule has 0 nitrogen and oxygen atoms in total. The molecule has 0 fully saturated rings. The van der Waals surface area contributed by atoms with Crippen LogP contribution in [0.15, 0.2) is 17.0 Å². The van der Waals surface area contributed by atoms with E-state index in [4.69, 9.17) is 0 Å². The van der Waals surface area contributed by atoms with Crippen molar-refractivity contribution in [3.8, 4) is 0 Å². The molecule has 0 heterocycles. The number of halogens is 2. The van der Waals surface area contributed by atoms with Crippen molar-refractivity contribution in [3.63, 3.8) is 0 Å². The Labute approximate surface area is 94.1 Å². The molecule has 0 aliphatic heterocycles. The van der Waals surface area contributed by atoms with Crippen LogP contribution in [0.4, 0.5) is 8.78 Å². The Morgan fingerprint density at radius 1 is 1.07 bits per heavy atom. The third-order valence-electron chi connectivity index (χ3n) is 2.27. The minimum atomic E-state index is -2.60. The van der Waals surface area contributed by atoms with Gasteiger partial charge in [-0.1, -0.05) is 6.07 Å². The van der Waals surface area contributed by atoms with Gasteiger partial charge in [-0.2, -0.15) is 0 Å². The maximum Gasteiger partial charge on any atom is 0.254 e. The summed E-state index contributed by atoms with van der Waals surface area (Å²) in [5.74, 6) is -2.76. The molecule has 1 aromatic carbocycles.